The van der Waals surface area contributed by atoms with E-state index in [0.717, 1.165) is 62.8 Å². The number of hydrogen-bond acceptors (Lipinski definition) is 9. The normalized spacial score (nSPS) is 10.9. The van der Waals surface area contributed by atoms with Crippen LogP contribution in [-0.4, -0.2) is 51.8 Å². The third-order valence-corrected chi connectivity index (χ3v) is 3.49. The molecule has 0 aromatic carbocycles. The lowest BCUT2D eigenvalue weighted by Crippen LogP contribution is -2.34. The molecule has 0 saturated heterocycles. The van der Waals surface area contributed by atoms with Crippen molar-refractivity contribution in [2.45, 2.75) is 51.4 Å². The summed E-state index contributed by atoms with van der Waals surface area (Å²) < 4.78 is 26.8. The lowest BCUT2D eigenvalue weighted by molar-refractivity contribution is 0.0937. The molecular formula is C13H38N6O9P2. The third kappa shape index (κ3) is 41.6. The van der Waals surface area contributed by atoms with Crippen LogP contribution in [0.2, 0.25) is 0 Å². The first-order valence-electron chi connectivity index (χ1n) is 9.28. The van der Waals surface area contributed by atoms with Gasteiger partial charge in [-0.25, -0.2) is 24.9 Å². The van der Waals surface area contributed by atoms with Gasteiger partial charge >= 0.3 is 21.7 Å². The second-order valence-electron chi connectivity index (χ2n) is 5.68. The quantitative estimate of drug-likeness (QED) is 0.0827. The van der Waals surface area contributed by atoms with Gasteiger partial charge in [0.15, 0.2) is 0 Å². The van der Waals surface area contributed by atoms with E-state index in [4.69, 9.17) is 42.5 Å². The summed E-state index contributed by atoms with van der Waals surface area (Å²) >= 11 is 0. The molecule has 0 rings (SSSR count). The lowest BCUT2D eigenvalue weighted by atomic mass is 10.2. The number of rotatable bonds is 14. The van der Waals surface area contributed by atoms with Crippen LogP contribution in [0, 0.1) is 0 Å². The zero-order chi connectivity index (χ0) is 23.9. The molecule has 0 atom stereocenters. The average molecular weight is 484 g/mol. The van der Waals surface area contributed by atoms with Crippen molar-refractivity contribution in [3.8, 4) is 0 Å². The number of hydroxylamine groups is 2. The van der Waals surface area contributed by atoms with Crippen molar-refractivity contribution in [2.24, 2.45) is 22.9 Å². The topological polar surface area (TPSA) is 279 Å². The predicted molar refractivity (Wildman–Crippen MR) is 111 cm³/mol. The molecule has 17 heteroatoms. The molecule has 15 nitrogen and oxygen atoms in total. The van der Waals surface area contributed by atoms with Gasteiger partial charge in [0.25, 0.3) is 0 Å². The molecule has 14 N–H and O–H groups in total. The number of phosphoric acid groups is 2. The molecule has 0 heterocycles. The molecule has 0 aliphatic rings. The van der Waals surface area contributed by atoms with Gasteiger partial charge in [-0.2, -0.15) is 9.25 Å². The van der Waals surface area contributed by atoms with Gasteiger partial charge in [0, 0.05) is 0 Å². The van der Waals surface area contributed by atoms with E-state index in [0.29, 0.717) is 0 Å². The van der Waals surface area contributed by atoms with E-state index < -0.39 is 21.7 Å². The van der Waals surface area contributed by atoms with E-state index in [9.17, 15) is 13.9 Å². The van der Waals surface area contributed by atoms with Crippen molar-refractivity contribution < 1.29 is 42.7 Å². The van der Waals surface area contributed by atoms with Crippen molar-refractivity contribution in [3.63, 3.8) is 0 Å². The fourth-order valence-corrected chi connectivity index (χ4v) is 1.91. The zero-order valence-corrected chi connectivity index (χ0v) is 18.8. The van der Waals surface area contributed by atoms with Gasteiger partial charge < -0.3 is 42.5 Å². The Morgan fingerprint density at radius 1 is 0.600 bits per heavy atom. The molecule has 0 saturated carbocycles. The van der Waals surface area contributed by atoms with E-state index >= 15 is 0 Å². The zero-order valence-electron chi connectivity index (χ0n) is 17.0. The summed E-state index contributed by atoms with van der Waals surface area (Å²) in [4.78, 5) is 42.6. The van der Waals surface area contributed by atoms with Crippen LogP contribution in [0.4, 0.5) is 4.79 Å². The Balaban J connectivity index is -0.000000391. The SMILES string of the molecule is NCCCCCCN.NCCCCCCN.O=C(NOP(=O)(O)O)NOP(=O)(O)O. The molecule has 0 unspecified atom stereocenters. The molecule has 0 aromatic rings. The summed E-state index contributed by atoms with van der Waals surface area (Å²) in [5.74, 6) is 0. The van der Waals surface area contributed by atoms with Gasteiger partial charge in [0.05, 0.1) is 0 Å². The van der Waals surface area contributed by atoms with Gasteiger partial charge in [-0.05, 0) is 51.9 Å². The molecule has 0 bridgehead atoms. The number of hydrogen-bond donors (Lipinski definition) is 10. The van der Waals surface area contributed by atoms with Crippen LogP contribution in [-0.2, 0) is 18.4 Å². The Morgan fingerprint density at radius 3 is 1.00 bits per heavy atom. The van der Waals surface area contributed by atoms with E-state index in [1.165, 1.54) is 25.7 Å². The van der Waals surface area contributed by atoms with Crippen molar-refractivity contribution in [1.82, 2.24) is 11.0 Å². The van der Waals surface area contributed by atoms with Gasteiger partial charge in [-0.3, -0.25) is 0 Å². The summed E-state index contributed by atoms with van der Waals surface area (Å²) in [5.41, 5.74) is 23.3. The highest BCUT2D eigenvalue weighted by atomic mass is 31.2. The van der Waals surface area contributed by atoms with Crippen molar-refractivity contribution in [2.75, 3.05) is 26.2 Å². The average Bonchev–Trinajstić information content (AvgIpc) is 2.65. The number of nitrogens with two attached hydrogens (primary N) is 4. The minimum atomic E-state index is -4.91. The number of carbonyl (C=O) groups is 1. The molecule has 0 fully saturated rings. The summed E-state index contributed by atoms with van der Waals surface area (Å²) in [5, 5.41) is 0. The summed E-state index contributed by atoms with van der Waals surface area (Å²) in [7, 11) is -9.81. The standard InChI is InChI=1S/2C6H16N2.CH6N2O9P2/c2*7-5-3-1-2-4-6-8;4-1(2-11-13(5,6)7)3-12-14(8,9)10/h2*1-8H2;(H2,2,3,4)(H2,5,6,7)(H2,8,9,10). The molecule has 2 amide bonds. The minimum Gasteiger partial charge on any atom is -0.330 e. The third-order valence-electron chi connectivity index (χ3n) is 2.83. The number of carbonyl (C=O) groups excluding carboxylic acids is 1. The predicted octanol–water partition coefficient (Wildman–Crippen LogP) is -0.737. The van der Waals surface area contributed by atoms with Crippen molar-refractivity contribution in [3.05, 3.63) is 0 Å². The van der Waals surface area contributed by atoms with Gasteiger partial charge in [0.2, 0.25) is 0 Å². The molecule has 0 aromatic heterocycles. The monoisotopic (exact) mass is 484 g/mol. The largest absolute Gasteiger partial charge is 0.491 e. The van der Waals surface area contributed by atoms with Crippen LogP contribution in [0.15, 0.2) is 0 Å². The number of nitrogens with one attached hydrogen (secondary N) is 2. The lowest BCUT2D eigenvalue weighted by Gasteiger charge is -2.07. The van der Waals surface area contributed by atoms with Crippen LogP contribution < -0.4 is 33.9 Å². The van der Waals surface area contributed by atoms with Crippen molar-refractivity contribution in [1.29, 1.82) is 0 Å². The Bertz CT molecular complexity index is 426. The molecular weight excluding hydrogens is 446 g/mol. The Labute approximate surface area is 176 Å². The van der Waals surface area contributed by atoms with E-state index in [1.807, 2.05) is 0 Å². The first-order valence-corrected chi connectivity index (χ1v) is 12.3. The second-order valence-corrected chi connectivity index (χ2v) is 8.01. The summed E-state index contributed by atoms with van der Waals surface area (Å²) in [6.45, 7) is 3.30. The van der Waals surface area contributed by atoms with E-state index in [-0.39, 0.29) is 0 Å². The van der Waals surface area contributed by atoms with E-state index in [2.05, 4.69) is 9.25 Å². The van der Waals surface area contributed by atoms with Crippen LogP contribution in [0.5, 0.6) is 0 Å². The van der Waals surface area contributed by atoms with Crippen LogP contribution in [0.3, 0.4) is 0 Å². The van der Waals surface area contributed by atoms with Gasteiger partial charge in [0.1, 0.15) is 0 Å². The molecule has 184 valence electrons. The second kappa shape index (κ2) is 23.0. The fourth-order valence-electron chi connectivity index (χ4n) is 1.51. The molecule has 0 spiro atoms. The van der Waals surface area contributed by atoms with Gasteiger partial charge in [-0.1, -0.05) is 25.7 Å². The molecule has 0 radical (unpaired) electrons. The molecule has 30 heavy (non-hydrogen) atoms. The minimum absolute atomic E-state index is 0.824. The maximum atomic E-state index is 10.4. The highest BCUT2D eigenvalue weighted by molar-refractivity contribution is 7.46. The molecule has 0 aliphatic carbocycles. The van der Waals surface area contributed by atoms with Crippen LogP contribution >= 0.6 is 15.6 Å². The maximum Gasteiger partial charge on any atom is 0.491 e. The van der Waals surface area contributed by atoms with Crippen LogP contribution in [0.1, 0.15) is 51.4 Å². The number of urea groups is 1. The fraction of sp³-hybridized carbons (Fsp3) is 0.923. The smallest absolute Gasteiger partial charge is 0.330 e. The summed E-state index contributed by atoms with van der Waals surface area (Å²) in [6, 6.07) is -1.50. The highest BCUT2D eigenvalue weighted by Crippen LogP contribution is 2.35. The van der Waals surface area contributed by atoms with Gasteiger partial charge in [-0.15, -0.1) is 0 Å². The number of amides is 2. The Kier molecular flexibility index (Phi) is 26.0. The summed E-state index contributed by atoms with van der Waals surface area (Å²) in [6.07, 6.45) is 9.59. The maximum absolute atomic E-state index is 10.4. The van der Waals surface area contributed by atoms with E-state index in [1.54, 1.807) is 0 Å². The first-order chi connectivity index (χ1) is 13.9. The highest BCUT2D eigenvalue weighted by Gasteiger charge is 2.19. The Morgan fingerprint density at radius 2 is 0.833 bits per heavy atom. The first kappa shape index (κ1) is 34.0. The van der Waals surface area contributed by atoms with Crippen molar-refractivity contribution >= 4 is 21.7 Å². The molecule has 0 aliphatic heterocycles. The number of unbranched alkanes of at least 4 members (excludes halogenated alkanes) is 6. The van der Waals surface area contributed by atoms with Crippen LogP contribution in [0.25, 0.3) is 0 Å². The Hall–Kier alpha value is -0.670.